The first-order chi connectivity index (χ1) is 9.08. The molecule has 2 N–H and O–H groups in total. The van der Waals surface area contributed by atoms with Gasteiger partial charge in [0.15, 0.2) is 0 Å². The summed E-state index contributed by atoms with van der Waals surface area (Å²) in [5.74, 6) is -0.200. The molecule has 0 radical (unpaired) electrons. The summed E-state index contributed by atoms with van der Waals surface area (Å²) in [5, 5.41) is 12.5. The molecule has 104 valence electrons. The van der Waals surface area contributed by atoms with Crippen LogP contribution in [0.4, 0.5) is 0 Å². The summed E-state index contributed by atoms with van der Waals surface area (Å²) in [7, 11) is 4.16. The summed E-state index contributed by atoms with van der Waals surface area (Å²) in [4.78, 5) is 16.5. The lowest BCUT2D eigenvalue weighted by atomic mass is 10.1. The number of hydrogen-bond donors (Lipinski definition) is 2. The van der Waals surface area contributed by atoms with Gasteiger partial charge in [0.25, 0.3) is 5.91 Å². The van der Waals surface area contributed by atoms with E-state index in [1.54, 1.807) is 18.2 Å². The number of phenols is 1. The zero-order chi connectivity index (χ0) is 13.8. The number of amides is 1. The summed E-state index contributed by atoms with van der Waals surface area (Å²) in [6.45, 7) is 3.60. The van der Waals surface area contributed by atoms with Crippen molar-refractivity contribution in [3.8, 4) is 5.75 Å². The SMILES string of the molecule is CN1CCN(C)C(CNC(=O)c2ccccc2O)C1. The number of aromatic hydroxyl groups is 1. The van der Waals surface area contributed by atoms with Crippen LogP contribution in [0.5, 0.6) is 5.75 Å². The Hall–Kier alpha value is -1.59. The first-order valence-electron chi connectivity index (χ1n) is 6.53. The molecule has 1 aliphatic rings. The molecule has 5 heteroatoms. The van der Waals surface area contributed by atoms with Gasteiger partial charge < -0.3 is 15.3 Å². The topological polar surface area (TPSA) is 55.8 Å². The van der Waals surface area contributed by atoms with Gasteiger partial charge in [0.1, 0.15) is 5.75 Å². The standard InChI is InChI=1S/C14H21N3O2/c1-16-7-8-17(2)11(10-16)9-15-14(19)12-5-3-4-6-13(12)18/h3-6,11,18H,7-10H2,1-2H3,(H,15,19). The molecular formula is C14H21N3O2. The highest BCUT2D eigenvalue weighted by atomic mass is 16.3. The number of piperazine rings is 1. The number of rotatable bonds is 3. The van der Waals surface area contributed by atoms with Crippen molar-refractivity contribution in [1.29, 1.82) is 0 Å². The predicted octanol–water partition coefficient (Wildman–Crippen LogP) is 0.368. The van der Waals surface area contributed by atoms with Crippen LogP contribution in [-0.4, -0.2) is 67.1 Å². The number of phenolic OH excluding ortho intramolecular Hbond substituents is 1. The fourth-order valence-corrected chi connectivity index (χ4v) is 2.29. The molecule has 0 bridgehead atoms. The number of nitrogens with zero attached hydrogens (tertiary/aromatic N) is 2. The van der Waals surface area contributed by atoms with Crippen LogP contribution in [0.2, 0.25) is 0 Å². The van der Waals surface area contributed by atoms with Crippen LogP contribution in [0.1, 0.15) is 10.4 Å². The van der Waals surface area contributed by atoms with E-state index in [2.05, 4.69) is 29.2 Å². The van der Waals surface area contributed by atoms with Crippen LogP contribution in [-0.2, 0) is 0 Å². The van der Waals surface area contributed by atoms with Gasteiger partial charge in [-0.2, -0.15) is 0 Å². The zero-order valence-corrected chi connectivity index (χ0v) is 11.5. The van der Waals surface area contributed by atoms with E-state index in [0.29, 0.717) is 18.2 Å². The predicted molar refractivity (Wildman–Crippen MR) is 74.4 cm³/mol. The minimum Gasteiger partial charge on any atom is -0.507 e. The largest absolute Gasteiger partial charge is 0.507 e. The Morgan fingerprint density at radius 2 is 2.11 bits per heavy atom. The van der Waals surface area contributed by atoms with Crippen LogP contribution < -0.4 is 5.32 Å². The Bertz CT molecular complexity index is 450. The third-order valence-electron chi connectivity index (χ3n) is 3.63. The second-order valence-electron chi connectivity index (χ2n) is 5.12. The molecule has 2 rings (SSSR count). The summed E-state index contributed by atoms with van der Waals surface area (Å²) in [6.07, 6.45) is 0. The molecule has 1 aromatic carbocycles. The second-order valence-corrected chi connectivity index (χ2v) is 5.12. The van der Waals surface area contributed by atoms with Gasteiger partial charge in [0, 0.05) is 32.2 Å². The van der Waals surface area contributed by atoms with Gasteiger partial charge in [0.2, 0.25) is 0 Å². The minimum atomic E-state index is -0.222. The monoisotopic (exact) mass is 263 g/mol. The van der Waals surface area contributed by atoms with Gasteiger partial charge in [-0.3, -0.25) is 9.69 Å². The number of likely N-dealkylation sites (N-methyl/N-ethyl adjacent to an activating group) is 2. The smallest absolute Gasteiger partial charge is 0.255 e. The molecule has 0 saturated carbocycles. The molecular weight excluding hydrogens is 242 g/mol. The molecule has 0 aliphatic carbocycles. The maximum atomic E-state index is 12.0. The first-order valence-corrected chi connectivity index (χ1v) is 6.53. The molecule has 1 atom stereocenters. The summed E-state index contributed by atoms with van der Waals surface area (Å²) in [6, 6.07) is 6.91. The summed E-state index contributed by atoms with van der Waals surface area (Å²) >= 11 is 0. The van der Waals surface area contributed by atoms with E-state index in [1.807, 2.05) is 0 Å². The number of para-hydroxylation sites is 1. The zero-order valence-electron chi connectivity index (χ0n) is 11.5. The van der Waals surface area contributed by atoms with E-state index in [1.165, 1.54) is 6.07 Å². The first kappa shape index (κ1) is 13.8. The molecule has 1 amide bonds. The van der Waals surface area contributed by atoms with E-state index >= 15 is 0 Å². The van der Waals surface area contributed by atoms with Crippen LogP contribution >= 0.6 is 0 Å². The maximum Gasteiger partial charge on any atom is 0.255 e. The molecule has 0 spiro atoms. The van der Waals surface area contributed by atoms with Crippen molar-refractivity contribution in [3.63, 3.8) is 0 Å². The Labute approximate surface area is 113 Å². The van der Waals surface area contributed by atoms with Crippen LogP contribution in [0.3, 0.4) is 0 Å². The highest BCUT2D eigenvalue weighted by molar-refractivity contribution is 5.96. The highest BCUT2D eigenvalue weighted by Crippen LogP contribution is 2.15. The lowest BCUT2D eigenvalue weighted by molar-refractivity contribution is 0.0879. The Morgan fingerprint density at radius 3 is 2.84 bits per heavy atom. The van der Waals surface area contributed by atoms with Crippen molar-refractivity contribution in [1.82, 2.24) is 15.1 Å². The van der Waals surface area contributed by atoms with Crippen molar-refractivity contribution in [2.45, 2.75) is 6.04 Å². The molecule has 1 unspecified atom stereocenters. The second kappa shape index (κ2) is 6.04. The van der Waals surface area contributed by atoms with Crippen molar-refractivity contribution in [3.05, 3.63) is 29.8 Å². The van der Waals surface area contributed by atoms with Crippen molar-refractivity contribution < 1.29 is 9.90 Å². The molecule has 0 aromatic heterocycles. The third kappa shape index (κ3) is 3.45. The lowest BCUT2D eigenvalue weighted by Crippen LogP contribution is -2.54. The normalized spacial score (nSPS) is 21.3. The van der Waals surface area contributed by atoms with Gasteiger partial charge in [-0.15, -0.1) is 0 Å². The Kier molecular flexibility index (Phi) is 4.39. The fraction of sp³-hybridized carbons (Fsp3) is 0.500. The summed E-state index contributed by atoms with van der Waals surface area (Å²) in [5.41, 5.74) is 0.328. The Morgan fingerprint density at radius 1 is 1.37 bits per heavy atom. The van der Waals surface area contributed by atoms with Crippen LogP contribution in [0.25, 0.3) is 0 Å². The Balaban J connectivity index is 1.91. The average molecular weight is 263 g/mol. The van der Waals surface area contributed by atoms with Gasteiger partial charge >= 0.3 is 0 Å². The van der Waals surface area contributed by atoms with E-state index in [4.69, 9.17) is 0 Å². The maximum absolute atomic E-state index is 12.0. The van der Waals surface area contributed by atoms with Crippen LogP contribution in [0.15, 0.2) is 24.3 Å². The fourth-order valence-electron chi connectivity index (χ4n) is 2.29. The molecule has 1 aliphatic heterocycles. The van der Waals surface area contributed by atoms with Gasteiger partial charge in [-0.25, -0.2) is 0 Å². The number of nitrogens with one attached hydrogen (secondary N) is 1. The highest BCUT2D eigenvalue weighted by Gasteiger charge is 2.22. The quantitative estimate of drug-likeness (QED) is 0.827. The van der Waals surface area contributed by atoms with Crippen LogP contribution in [0, 0.1) is 0 Å². The van der Waals surface area contributed by atoms with E-state index < -0.39 is 0 Å². The van der Waals surface area contributed by atoms with Gasteiger partial charge in [0.05, 0.1) is 5.56 Å². The van der Waals surface area contributed by atoms with Crippen molar-refractivity contribution in [2.24, 2.45) is 0 Å². The van der Waals surface area contributed by atoms with E-state index in [-0.39, 0.29) is 11.7 Å². The van der Waals surface area contributed by atoms with Gasteiger partial charge in [-0.05, 0) is 26.2 Å². The lowest BCUT2D eigenvalue weighted by Gasteiger charge is -2.37. The minimum absolute atomic E-state index is 0.0223. The average Bonchev–Trinajstić information content (AvgIpc) is 2.40. The third-order valence-corrected chi connectivity index (χ3v) is 3.63. The van der Waals surface area contributed by atoms with E-state index in [0.717, 1.165) is 19.6 Å². The van der Waals surface area contributed by atoms with Crippen molar-refractivity contribution >= 4 is 5.91 Å². The molecule has 19 heavy (non-hydrogen) atoms. The molecule has 1 heterocycles. The number of benzene rings is 1. The van der Waals surface area contributed by atoms with Crippen molar-refractivity contribution in [2.75, 3.05) is 40.3 Å². The number of carbonyl (C=O) groups excluding carboxylic acids is 1. The molecule has 1 fully saturated rings. The molecule has 1 aromatic rings. The molecule has 5 nitrogen and oxygen atoms in total. The number of carbonyl (C=O) groups is 1. The summed E-state index contributed by atoms with van der Waals surface area (Å²) < 4.78 is 0. The number of hydrogen-bond acceptors (Lipinski definition) is 4. The van der Waals surface area contributed by atoms with E-state index in [9.17, 15) is 9.90 Å². The van der Waals surface area contributed by atoms with Gasteiger partial charge in [-0.1, -0.05) is 12.1 Å². The molecule has 1 saturated heterocycles.